The minimum atomic E-state index is -0.802. The monoisotopic (exact) mass is 553 g/mol. The molecular weight excluding hydrogens is 510 g/mol. The third-order valence-electron chi connectivity index (χ3n) is 9.04. The number of likely N-dealkylation sites (tertiary alicyclic amines) is 1. The van der Waals surface area contributed by atoms with Gasteiger partial charge >= 0.3 is 0 Å². The van der Waals surface area contributed by atoms with E-state index in [1.165, 1.54) is 0 Å². The molecular formula is C31H43N3O4S. The number of hydrogen-bond donors (Lipinski definition) is 1. The van der Waals surface area contributed by atoms with Gasteiger partial charge in [-0.2, -0.15) is 0 Å². The van der Waals surface area contributed by atoms with Crippen LogP contribution in [0.25, 0.3) is 0 Å². The van der Waals surface area contributed by atoms with Gasteiger partial charge in [0.25, 0.3) is 5.91 Å². The number of likely N-dealkylation sites (N-methyl/N-ethyl adjacent to an activating group) is 1. The molecule has 1 N–H and O–H groups in total. The van der Waals surface area contributed by atoms with Crippen LogP contribution in [0.4, 0.5) is 5.69 Å². The Morgan fingerprint density at radius 2 is 1.85 bits per heavy atom. The first-order chi connectivity index (χ1) is 18.4. The predicted molar refractivity (Wildman–Crippen MR) is 158 cm³/mol. The summed E-state index contributed by atoms with van der Waals surface area (Å²) in [6.07, 6.45) is 4.80. The van der Waals surface area contributed by atoms with E-state index >= 15 is 0 Å². The van der Waals surface area contributed by atoms with Crippen LogP contribution in [0.1, 0.15) is 44.7 Å². The van der Waals surface area contributed by atoms with Crippen molar-refractivity contribution in [1.82, 2.24) is 9.80 Å². The van der Waals surface area contributed by atoms with Crippen LogP contribution in [0.15, 0.2) is 43.5 Å². The number of rotatable bonds is 10. The molecule has 3 saturated heterocycles. The first-order valence-electron chi connectivity index (χ1n) is 13.9. The topological polar surface area (TPSA) is 81.2 Å². The van der Waals surface area contributed by atoms with Crippen molar-refractivity contribution >= 4 is 35.2 Å². The molecule has 4 rings (SSSR count). The number of nitrogens with zero attached hydrogens (tertiary/aromatic N) is 3. The van der Waals surface area contributed by atoms with E-state index in [1.54, 1.807) is 45.7 Å². The van der Waals surface area contributed by atoms with Gasteiger partial charge in [-0.3, -0.25) is 14.4 Å². The van der Waals surface area contributed by atoms with E-state index < -0.39 is 33.4 Å². The molecule has 3 heterocycles. The zero-order chi connectivity index (χ0) is 28.9. The lowest BCUT2D eigenvalue weighted by molar-refractivity contribution is -0.146. The molecule has 3 aliphatic rings. The van der Waals surface area contributed by atoms with Gasteiger partial charge in [0.1, 0.15) is 6.04 Å². The summed E-state index contributed by atoms with van der Waals surface area (Å²) in [6, 6.07) is 4.67. The molecule has 3 aliphatic heterocycles. The molecule has 1 aromatic rings. The van der Waals surface area contributed by atoms with Crippen LogP contribution in [-0.2, 0) is 14.4 Å². The zero-order valence-corrected chi connectivity index (χ0v) is 25.0. The van der Waals surface area contributed by atoms with Crippen molar-refractivity contribution in [2.75, 3.05) is 31.6 Å². The summed E-state index contributed by atoms with van der Waals surface area (Å²) in [5, 5.41) is 10.5. The van der Waals surface area contributed by atoms with E-state index in [2.05, 4.69) is 20.1 Å². The number of carbonyl (C=O) groups is 3. The molecule has 3 fully saturated rings. The van der Waals surface area contributed by atoms with E-state index in [0.29, 0.717) is 19.5 Å². The molecule has 0 saturated carbocycles. The average Bonchev–Trinajstić information content (AvgIpc) is 3.45. The smallest absolute Gasteiger partial charge is 0.251 e. The molecule has 0 aliphatic carbocycles. The van der Waals surface area contributed by atoms with Crippen LogP contribution in [0, 0.1) is 31.6 Å². The lowest BCUT2D eigenvalue weighted by Crippen LogP contribution is -2.58. The van der Waals surface area contributed by atoms with Gasteiger partial charge in [-0.05, 0) is 56.7 Å². The number of amides is 3. The van der Waals surface area contributed by atoms with E-state index in [0.717, 1.165) is 23.2 Å². The minimum Gasteiger partial charge on any atom is -0.394 e. The maximum Gasteiger partial charge on any atom is 0.251 e. The van der Waals surface area contributed by atoms with Gasteiger partial charge in [-0.1, -0.05) is 38.1 Å². The second kappa shape index (κ2) is 10.8. The number of hydrogen-bond acceptors (Lipinski definition) is 5. The molecule has 39 heavy (non-hydrogen) atoms. The van der Waals surface area contributed by atoms with Gasteiger partial charge in [0.05, 0.1) is 29.2 Å². The fraction of sp³-hybridized carbons (Fsp3) is 0.581. The molecule has 212 valence electrons. The molecule has 2 bridgehead atoms. The van der Waals surface area contributed by atoms with Crippen molar-refractivity contribution in [3.63, 3.8) is 0 Å². The van der Waals surface area contributed by atoms with Crippen molar-refractivity contribution in [3.8, 4) is 0 Å². The highest BCUT2D eigenvalue weighted by Crippen LogP contribution is 2.72. The Labute approximate surface area is 237 Å². The maximum absolute atomic E-state index is 14.8. The molecule has 0 aromatic heterocycles. The Bertz CT molecular complexity index is 1180. The highest BCUT2D eigenvalue weighted by molar-refractivity contribution is 8.02. The molecule has 1 aromatic carbocycles. The van der Waals surface area contributed by atoms with Gasteiger partial charge in [-0.25, -0.2) is 0 Å². The maximum atomic E-state index is 14.8. The van der Waals surface area contributed by atoms with E-state index in [9.17, 15) is 19.5 Å². The van der Waals surface area contributed by atoms with Gasteiger partial charge in [0.2, 0.25) is 11.8 Å². The molecule has 6 atom stereocenters. The largest absolute Gasteiger partial charge is 0.394 e. The molecule has 8 heteroatoms. The first-order valence-corrected chi connectivity index (χ1v) is 14.7. The summed E-state index contributed by atoms with van der Waals surface area (Å²) < 4.78 is -1.20. The van der Waals surface area contributed by atoms with Crippen molar-refractivity contribution < 1.29 is 19.5 Å². The molecule has 3 amide bonds. The van der Waals surface area contributed by atoms with Crippen molar-refractivity contribution in [2.45, 2.75) is 69.0 Å². The van der Waals surface area contributed by atoms with Crippen LogP contribution < -0.4 is 4.90 Å². The van der Waals surface area contributed by atoms with Gasteiger partial charge in [0.15, 0.2) is 0 Å². The Kier molecular flexibility index (Phi) is 8.12. The zero-order valence-electron chi connectivity index (χ0n) is 24.1. The first kappa shape index (κ1) is 29.4. The van der Waals surface area contributed by atoms with E-state index in [4.69, 9.17) is 0 Å². The third-order valence-corrected chi connectivity index (χ3v) is 11.0. The van der Waals surface area contributed by atoms with Crippen LogP contribution in [0.3, 0.4) is 0 Å². The summed E-state index contributed by atoms with van der Waals surface area (Å²) in [5.41, 5.74) is 2.78. The fourth-order valence-corrected chi connectivity index (χ4v) is 9.44. The standard InChI is InChI=1S/C31H43N3O4S/c1-9-15-32(8)27(36)24-25-28(37)34(23(18-35)19(3)4)26(31(25)14-13-30(24,7)39-31)29(38)33(16-10-2)22-17-20(5)11-12-21(22)6/h9-12,17,19,23-26,35H,1-2,13-16,18H2,3-8H3/t23-,24+,25-,26?,30-,31?/m0/s1. The number of aryl methyl sites for hydroxylation is 2. The van der Waals surface area contributed by atoms with E-state index in [-0.39, 0.29) is 30.2 Å². The molecule has 2 unspecified atom stereocenters. The highest BCUT2D eigenvalue weighted by atomic mass is 32.2. The van der Waals surface area contributed by atoms with Crippen LogP contribution >= 0.6 is 11.8 Å². The van der Waals surface area contributed by atoms with Gasteiger partial charge in [0, 0.05) is 30.6 Å². The predicted octanol–water partition coefficient (Wildman–Crippen LogP) is 3.97. The van der Waals surface area contributed by atoms with E-state index in [1.807, 2.05) is 45.9 Å². The number of fused-ring (bicyclic) bond motifs is 1. The average molecular weight is 554 g/mol. The Morgan fingerprint density at radius 3 is 2.44 bits per heavy atom. The Balaban J connectivity index is 1.89. The molecule has 0 radical (unpaired) electrons. The third kappa shape index (κ3) is 4.53. The molecule has 7 nitrogen and oxygen atoms in total. The Morgan fingerprint density at radius 1 is 1.18 bits per heavy atom. The number of benzene rings is 1. The minimum absolute atomic E-state index is 0.0755. The fourth-order valence-electron chi connectivity index (χ4n) is 7.11. The number of carbonyl (C=O) groups excluding carboxylic acids is 3. The summed E-state index contributed by atoms with van der Waals surface area (Å²) in [7, 11) is 1.74. The summed E-state index contributed by atoms with van der Waals surface area (Å²) >= 11 is 1.65. The second-order valence-corrected chi connectivity index (χ2v) is 13.9. The van der Waals surface area contributed by atoms with Crippen LogP contribution in [-0.4, -0.2) is 80.9 Å². The SMILES string of the molecule is C=CCN(C)C(=O)[C@H]1[C@H]2C(=O)N([C@@H](CO)C(C)C)C(C(=O)N(CC=C)c3cc(C)ccc3C)C23CC[C@]1(C)S3. The van der Waals surface area contributed by atoms with Gasteiger partial charge < -0.3 is 19.8 Å². The number of aliphatic hydroxyl groups is 1. The quantitative estimate of drug-likeness (QED) is 0.444. The van der Waals surface area contributed by atoms with Crippen LogP contribution in [0.2, 0.25) is 0 Å². The molecule has 1 spiro atoms. The van der Waals surface area contributed by atoms with Crippen LogP contribution in [0.5, 0.6) is 0 Å². The van der Waals surface area contributed by atoms with Crippen molar-refractivity contribution in [2.24, 2.45) is 17.8 Å². The number of anilines is 1. The van der Waals surface area contributed by atoms with Crippen molar-refractivity contribution in [3.05, 3.63) is 54.6 Å². The lowest BCUT2D eigenvalue weighted by Gasteiger charge is -2.41. The summed E-state index contributed by atoms with van der Waals surface area (Å²) in [5.74, 6) is -1.71. The van der Waals surface area contributed by atoms with Crippen molar-refractivity contribution in [1.29, 1.82) is 0 Å². The normalized spacial score (nSPS) is 29.9. The number of thioether (sulfide) groups is 1. The summed E-state index contributed by atoms with van der Waals surface area (Å²) in [4.78, 5) is 48.2. The summed E-state index contributed by atoms with van der Waals surface area (Å²) in [6.45, 7) is 18.1. The second-order valence-electron chi connectivity index (χ2n) is 12.0. The van der Waals surface area contributed by atoms with Gasteiger partial charge in [-0.15, -0.1) is 24.9 Å². The number of aliphatic hydroxyl groups excluding tert-OH is 1. The Hall–Kier alpha value is -2.58. The highest BCUT2D eigenvalue weighted by Gasteiger charge is 2.78. The lowest BCUT2D eigenvalue weighted by atomic mass is 9.66.